The second kappa shape index (κ2) is 7.15. The molecule has 0 bridgehead atoms. The fourth-order valence-corrected chi connectivity index (χ4v) is 2.18. The molecule has 0 radical (unpaired) electrons. The van der Waals surface area contributed by atoms with E-state index in [9.17, 15) is 0 Å². The van der Waals surface area contributed by atoms with E-state index < -0.39 is 20.1 Å². The number of rotatable bonds is 5. The predicted molar refractivity (Wildman–Crippen MR) is 57.0 cm³/mol. The number of hydrogen-bond acceptors (Lipinski definition) is 2. The molecule has 0 aliphatic carbocycles. The fourth-order valence-electron chi connectivity index (χ4n) is 0.493. The van der Waals surface area contributed by atoms with Crippen LogP contribution in [-0.2, 0) is 0 Å². The first-order chi connectivity index (χ1) is 4.27. The van der Waals surface area contributed by atoms with Gasteiger partial charge in [-0.1, -0.05) is 0 Å². The van der Waals surface area contributed by atoms with Crippen molar-refractivity contribution in [1.29, 1.82) is 0 Å². The molecule has 1 nitrogen and oxygen atoms in total. The van der Waals surface area contributed by atoms with Crippen molar-refractivity contribution in [1.82, 2.24) is 3.53 Å². The van der Waals surface area contributed by atoms with E-state index in [0.717, 1.165) is 5.75 Å². The molecule has 0 unspecified atom stereocenters. The molecule has 0 atom stereocenters. The van der Waals surface area contributed by atoms with Crippen LogP contribution in [0.5, 0.6) is 0 Å². The number of unbranched alkanes of at least 4 members (excludes halogenated alkanes) is 1. The van der Waals surface area contributed by atoms with E-state index in [1.165, 1.54) is 19.4 Å². The average molecular weight is 261 g/mol. The molecule has 0 spiro atoms. The summed E-state index contributed by atoms with van der Waals surface area (Å²) in [5.74, 6) is 1.03. The van der Waals surface area contributed by atoms with E-state index in [4.69, 9.17) is 0 Å². The van der Waals surface area contributed by atoms with Crippen LogP contribution in [0.3, 0.4) is 0 Å². The van der Waals surface area contributed by atoms with Crippen LogP contribution >= 0.6 is 32.7 Å². The SMILES string of the molecule is CI(C)NCCCCS. The van der Waals surface area contributed by atoms with Crippen molar-refractivity contribution in [2.75, 3.05) is 22.2 Å². The molecule has 0 fully saturated rings. The maximum atomic E-state index is 4.13. The van der Waals surface area contributed by atoms with Crippen LogP contribution in [0.2, 0.25) is 0 Å². The van der Waals surface area contributed by atoms with Crippen molar-refractivity contribution in [2.24, 2.45) is 0 Å². The number of halogens is 1. The summed E-state index contributed by atoms with van der Waals surface area (Å²) in [5.41, 5.74) is 0. The van der Waals surface area contributed by atoms with Crippen molar-refractivity contribution in [3.8, 4) is 0 Å². The Morgan fingerprint density at radius 2 is 2.00 bits per heavy atom. The summed E-state index contributed by atoms with van der Waals surface area (Å²) in [7, 11) is 0. The molecular formula is C6H16INS. The summed E-state index contributed by atoms with van der Waals surface area (Å²) in [6.45, 7) is 1.21. The first kappa shape index (κ1) is 10.0. The van der Waals surface area contributed by atoms with Gasteiger partial charge in [-0.3, -0.25) is 0 Å². The van der Waals surface area contributed by atoms with Gasteiger partial charge in [0, 0.05) is 0 Å². The molecule has 0 amide bonds. The fraction of sp³-hybridized carbons (Fsp3) is 1.00. The van der Waals surface area contributed by atoms with Crippen molar-refractivity contribution in [3.63, 3.8) is 0 Å². The molecule has 0 saturated heterocycles. The molecule has 0 heterocycles. The number of alkyl halides is 2. The third kappa shape index (κ3) is 9.04. The van der Waals surface area contributed by atoms with Gasteiger partial charge >= 0.3 is 71.3 Å². The Balaban J connectivity index is 2.75. The minimum absolute atomic E-state index is 0.631. The summed E-state index contributed by atoms with van der Waals surface area (Å²) < 4.78 is 3.50. The summed E-state index contributed by atoms with van der Waals surface area (Å²) in [6, 6.07) is 0. The molecule has 0 aliphatic heterocycles. The van der Waals surface area contributed by atoms with Gasteiger partial charge < -0.3 is 0 Å². The molecule has 0 aromatic carbocycles. The molecule has 58 valence electrons. The molecule has 0 aliphatic rings. The minimum atomic E-state index is -0.631. The number of thiol groups is 1. The number of hydrogen-bond donors (Lipinski definition) is 2. The maximum absolute atomic E-state index is 4.13. The van der Waals surface area contributed by atoms with Crippen LogP contribution < -0.4 is 3.53 Å². The van der Waals surface area contributed by atoms with Crippen LogP contribution in [-0.4, -0.2) is 22.2 Å². The Kier molecular flexibility index (Phi) is 7.98. The second-order valence-corrected chi connectivity index (χ2v) is 7.60. The summed E-state index contributed by atoms with van der Waals surface area (Å²) in [5, 5.41) is 0. The van der Waals surface area contributed by atoms with Gasteiger partial charge in [0.1, 0.15) is 0 Å². The van der Waals surface area contributed by atoms with Crippen LogP contribution in [0.15, 0.2) is 0 Å². The van der Waals surface area contributed by atoms with Gasteiger partial charge in [-0.15, -0.1) is 0 Å². The van der Waals surface area contributed by atoms with E-state index in [-0.39, 0.29) is 0 Å². The molecule has 0 rings (SSSR count). The van der Waals surface area contributed by atoms with Crippen LogP contribution in [0.4, 0.5) is 0 Å². The zero-order chi connectivity index (χ0) is 7.11. The van der Waals surface area contributed by atoms with Gasteiger partial charge in [0.25, 0.3) is 0 Å². The molecular weight excluding hydrogens is 245 g/mol. The first-order valence-corrected chi connectivity index (χ1v) is 9.14. The van der Waals surface area contributed by atoms with E-state index in [0.29, 0.717) is 0 Å². The molecule has 0 aromatic heterocycles. The monoisotopic (exact) mass is 261 g/mol. The van der Waals surface area contributed by atoms with Gasteiger partial charge in [0.05, 0.1) is 0 Å². The Hall–Kier alpha value is 1.04. The number of nitrogens with one attached hydrogen (secondary N) is 1. The normalized spacial score (nSPS) is 11.7. The van der Waals surface area contributed by atoms with E-state index in [1.54, 1.807) is 0 Å². The van der Waals surface area contributed by atoms with Gasteiger partial charge in [0.15, 0.2) is 0 Å². The summed E-state index contributed by atoms with van der Waals surface area (Å²) in [4.78, 5) is 4.65. The van der Waals surface area contributed by atoms with E-state index >= 15 is 0 Å². The Bertz CT molecular complexity index is 59.0. The standard InChI is InChI=1S/C6H16INS/c1-7(2)8-5-3-4-6-9/h8-9H,3-6H2,1-2H3. The average Bonchev–Trinajstić information content (AvgIpc) is 1.80. The Morgan fingerprint density at radius 3 is 2.44 bits per heavy atom. The van der Waals surface area contributed by atoms with E-state index in [2.05, 4.69) is 26.0 Å². The molecule has 0 saturated carbocycles. The zero-order valence-corrected chi connectivity index (χ0v) is 9.21. The van der Waals surface area contributed by atoms with Gasteiger partial charge in [-0.05, 0) is 0 Å². The summed E-state index contributed by atoms with van der Waals surface area (Å²) in [6.07, 6.45) is 2.54. The predicted octanol–water partition coefficient (Wildman–Crippen LogP) is 1.97. The third-order valence-electron chi connectivity index (χ3n) is 0.947. The first-order valence-electron chi connectivity index (χ1n) is 3.11. The van der Waals surface area contributed by atoms with Crippen molar-refractivity contribution >= 4 is 32.7 Å². The zero-order valence-electron chi connectivity index (χ0n) is 6.15. The van der Waals surface area contributed by atoms with Crippen molar-refractivity contribution in [3.05, 3.63) is 0 Å². The van der Waals surface area contributed by atoms with Gasteiger partial charge in [0.2, 0.25) is 0 Å². The molecule has 1 N–H and O–H groups in total. The van der Waals surface area contributed by atoms with Crippen LogP contribution in [0.25, 0.3) is 0 Å². The summed E-state index contributed by atoms with van der Waals surface area (Å²) >= 11 is 3.50. The molecule has 3 heteroatoms. The Morgan fingerprint density at radius 1 is 1.33 bits per heavy atom. The quantitative estimate of drug-likeness (QED) is 0.253. The van der Waals surface area contributed by atoms with Gasteiger partial charge in [-0.2, -0.15) is 0 Å². The van der Waals surface area contributed by atoms with Crippen molar-refractivity contribution < 1.29 is 0 Å². The van der Waals surface area contributed by atoms with E-state index in [1.807, 2.05) is 0 Å². The van der Waals surface area contributed by atoms with Crippen molar-refractivity contribution in [2.45, 2.75) is 12.8 Å². The molecule has 9 heavy (non-hydrogen) atoms. The topological polar surface area (TPSA) is 12.0 Å². The third-order valence-corrected chi connectivity index (χ3v) is 3.33. The second-order valence-electron chi connectivity index (χ2n) is 2.07. The Labute approximate surface area is 71.1 Å². The van der Waals surface area contributed by atoms with Crippen LogP contribution in [0, 0.1) is 0 Å². The van der Waals surface area contributed by atoms with Gasteiger partial charge in [-0.25, -0.2) is 0 Å². The molecule has 0 aromatic rings. The van der Waals surface area contributed by atoms with Crippen LogP contribution in [0.1, 0.15) is 12.8 Å².